The fraction of sp³-hybridized carbons (Fsp3) is 0.769. The molecule has 0 aliphatic heterocycles. The summed E-state index contributed by atoms with van der Waals surface area (Å²) in [5.41, 5.74) is 1.07. The Morgan fingerprint density at radius 1 is 1.50 bits per heavy atom. The van der Waals surface area contributed by atoms with Crippen molar-refractivity contribution in [2.45, 2.75) is 52.3 Å². The van der Waals surface area contributed by atoms with Crippen LogP contribution in [0.3, 0.4) is 0 Å². The Hall–Kier alpha value is -0.580. The van der Waals surface area contributed by atoms with E-state index >= 15 is 0 Å². The third-order valence-electron chi connectivity index (χ3n) is 3.02. The fourth-order valence-corrected chi connectivity index (χ4v) is 2.35. The summed E-state index contributed by atoms with van der Waals surface area (Å²) in [6, 6.07) is 0.187. The lowest BCUT2D eigenvalue weighted by Crippen LogP contribution is -2.27. The second kappa shape index (κ2) is 7.77. The summed E-state index contributed by atoms with van der Waals surface area (Å²) < 4.78 is 7.35. The van der Waals surface area contributed by atoms with Crippen LogP contribution in [0, 0.1) is 0 Å². The molecule has 0 radical (unpaired) electrons. The van der Waals surface area contributed by atoms with E-state index in [0.29, 0.717) is 0 Å². The summed E-state index contributed by atoms with van der Waals surface area (Å²) in [7, 11) is 1.73. The molecule has 1 aromatic rings. The maximum absolute atomic E-state index is 6.27. The molecule has 0 aliphatic rings. The number of aryl methyl sites for hydroxylation is 1. The van der Waals surface area contributed by atoms with Gasteiger partial charge < -0.3 is 10.1 Å². The van der Waals surface area contributed by atoms with Gasteiger partial charge >= 0.3 is 0 Å². The maximum atomic E-state index is 6.27. The first-order chi connectivity index (χ1) is 8.63. The minimum absolute atomic E-state index is 0.187. The Bertz CT molecular complexity index is 354. The molecule has 0 aliphatic carbocycles. The Kier molecular flexibility index (Phi) is 6.68. The molecule has 0 amide bonds. The van der Waals surface area contributed by atoms with Crippen molar-refractivity contribution in [1.82, 2.24) is 15.1 Å². The third-order valence-corrected chi connectivity index (χ3v) is 3.31. The first-order valence-corrected chi connectivity index (χ1v) is 6.99. The molecule has 2 unspecified atom stereocenters. The van der Waals surface area contributed by atoms with E-state index in [4.69, 9.17) is 16.3 Å². The van der Waals surface area contributed by atoms with E-state index in [0.717, 1.165) is 36.6 Å². The van der Waals surface area contributed by atoms with E-state index in [2.05, 4.69) is 31.2 Å². The number of nitrogens with zero attached hydrogens (tertiary/aromatic N) is 2. The molecule has 0 fully saturated rings. The number of aromatic nitrogens is 2. The van der Waals surface area contributed by atoms with Crippen LogP contribution in [0.25, 0.3) is 0 Å². The van der Waals surface area contributed by atoms with Gasteiger partial charge in [0.1, 0.15) is 0 Å². The van der Waals surface area contributed by atoms with Gasteiger partial charge in [-0.2, -0.15) is 5.10 Å². The number of halogens is 1. The lowest BCUT2D eigenvalue weighted by molar-refractivity contribution is 0.0995. The van der Waals surface area contributed by atoms with Gasteiger partial charge in [0, 0.05) is 13.7 Å². The normalized spacial score (nSPS) is 14.7. The van der Waals surface area contributed by atoms with E-state index in [1.807, 2.05) is 4.68 Å². The molecule has 18 heavy (non-hydrogen) atoms. The van der Waals surface area contributed by atoms with E-state index < -0.39 is 0 Å². The molecule has 4 nitrogen and oxygen atoms in total. The predicted molar refractivity (Wildman–Crippen MR) is 75.0 cm³/mol. The van der Waals surface area contributed by atoms with Crippen molar-refractivity contribution >= 4 is 11.6 Å². The van der Waals surface area contributed by atoms with Crippen molar-refractivity contribution < 1.29 is 4.74 Å². The average Bonchev–Trinajstić information content (AvgIpc) is 2.70. The van der Waals surface area contributed by atoms with Crippen LogP contribution in [0.5, 0.6) is 0 Å². The first-order valence-electron chi connectivity index (χ1n) is 6.61. The first kappa shape index (κ1) is 15.5. The predicted octanol–water partition coefficient (Wildman–Crippen LogP) is 3.02. The highest BCUT2D eigenvalue weighted by Gasteiger charge is 2.21. The van der Waals surface area contributed by atoms with Gasteiger partial charge in [0.05, 0.1) is 29.1 Å². The van der Waals surface area contributed by atoms with Crippen molar-refractivity contribution in [3.8, 4) is 0 Å². The fourth-order valence-electron chi connectivity index (χ4n) is 2.07. The molecular weight excluding hydrogens is 250 g/mol. The van der Waals surface area contributed by atoms with Gasteiger partial charge in [-0.25, -0.2) is 0 Å². The Morgan fingerprint density at radius 3 is 2.78 bits per heavy atom. The quantitative estimate of drug-likeness (QED) is 0.791. The van der Waals surface area contributed by atoms with E-state index in [9.17, 15) is 0 Å². The molecular formula is C13H24ClN3O. The second-order valence-corrected chi connectivity index (χ2v) is 4.90. The topological polar surface area (TPSA) is 39.1 Å². The standard InChI is InChI=1S/C13H24ClN3O/c1-5-7-17-13(11(14)9-16-17)12(15-6-2)8-10(3)18-4/h9-10,12,15H,5-8H2,1-4H3. The SMILES string of the molecule is CCCn1ncc(Cl)c1C(CC(C)OC)NCC. The maximum Gasteiger partial charge on any atom is 0.0834 e. The molecule has 1 rings (SSSR count). The summed E-state index contributed by atoms with van der Waals surface area (Å²) in [5.74, 6) is 0. The van der Waals surface area contributed by atoms with Crippen LogP contribution in [0.1, 0.15) is 45.3 Å². The molecule has 1 N–H and O–H groups in total. The monoisotopic (exact) mass is 273 g/mol. The van der Waals surface area contributed by atoms with Crippen LogP contribution in [0.15, 0.2) is 6.20 Å². The highest BCUT2D eigenvalue weighted by Crippen LogP contribution is 2.27. The summed E-state index contributed by atoms with van der Waals surface area (Å²) in [6.07, 6.45) is 3.85. The molecule has 0 saturated heterocycles. The largest absolute Gasteiger partial charge is 0.382 e. The van der Waals surface area contributed by atoms with Crippen LogP contribution in [-0.4, -0.2) is 29.5 Å². The number of rotatable bonds is 8. The molecule has 104 valence electrons. The Labute approximate surface area is 115 Å². The zero-order valence-electron chi connectivity index (χ0n) is 11.7. The van der Waals surface area contributed by atoms with Gasteiger partial charge in [-0.3, -0.25) is 4.68 Å². The molecule has 0 saturated carbocycles. The van der Waals surface area contributed by atoms with Crippen molar-refractivity contribution in [1.29, 1.82) is 0 Å². The molecule has 1 heterocycles. The third kappa shape index (κ3) is 3.97. The van der Waals surface area contributed by atoms with Gasteiger partial charge in [-0.15, -0.1) is 0 Å². The smallest absolute Gasteiger partial charge is 0.0834 e. The van der Waals surface area contributed by atoms with Crippen LogP contribution in [0.2, 0.25) is 5.02 Å². The van der Waals surface area contributed by atoms with E-state index in [1.54, 1.807) is 13.3 Å². The van der Waals surface area contributed by atoms with Gasteiger partial charge in [-0.05, 0) is 26.3 Å². The van der Waals surface area contributed by atoms with Crippen molar-refractivity contribution in [3.05, 3.63) is 16.9 Å². The zero-order chi connectivity index (χ0) is 13.5. The molecule has 1 aromatic heterocycles. The minimum Gasteiger partial charge on any atom is -0.382 e. The number of nitrogens with one attached hydrogen (secondary N) is 1. The molecule has 0 aromatic carbocycles. The minimum atomic E-state index is 0.187. The highest BCUT2D eigenvalue weighted by atomic mass is 35.5. The zero-order valence-corrected chi connectivity index (χ0v) is 12.5. The van der Waals surface area contributed by atoms with Crippen molar-refractivity contribution in [3.63, 3.8) is 0 Å². The lowest BCUT2D eigenvalue weighted by atomic mass is 10.1. The Morgan fingerprint density at radius 2 is 2.22 bits per heavy atom. The van der Waals surface area contributed by atoms with Crippen LogP contribution >= 0.6 is 11.6 Å². The van der Waals surface area contributed by atoms with Crippen molar-refractivity contribution in [2.24, 2.45) is 0 Å². The van der Waals surface area contributed by atoms with E-state index in [1.165, 1.54) is 0 Å². The number of hydrogen-bond acceptors (Lipinski definition) is 3. The van der Waals surface area contributed by atoms with E-state index in [-0.39, 0.29) is 12.1 Å². The average molecular weight is 274 g/mol. The lowest BCUT2D eigenvalue weighted by Gasteiger charge is -2.22. The molecule has 2 atom stereocenters. The van der Waals surface area contributed by atoms with Crippen LogP contribution < -0.4 is 5.32 Å². The van der Waals surface area contributed by atoms with Crippen LogP contribution in [-0.2, 0) is 11.3 Å². The number of ether oxygens (including phenoxy) is 1. The van der Waals surface area contributed by atoms with Crippen molar-refractivity contribution in [2.75, 3.05) is 13.7 Å². The second-order valence-electron chi connectivity index (χ2n) is 4.49. The molecule has 5 heteroatoms. The molecule has 0 bridgehead atoms. The summed E-state index contributed by atoms with van der Waals surface area (Å²) in [6.45, 7) is 8.09. The summed E-state index contributed by atoms with van der Waals surface area (Å²) in [4.78, 5) is 0. The van der Waals surface area contributed by atoms with Gasteiger partial charge in [0.25, 0.3) is 0 Å². The van der Waals surface area contributed by atoms with Gasteiger partial charge in [0.15, 0.2) is 0 Å². The number of methoxy groups -OCH3 is 1. The number of hydrogen-bond donors (Lipinski definition) is 1. The van der Waals surface area contributed by atoms with Crippen LogP contribution in [0.4, 0.5) is 0 Å². The molecule has 0 spiro atoms. The summed E-state index contributed by atoms with van der Waals surface area (Å²) >= 11 is 6.27. The Balaban J connectivity index is 2.92. The highest BCUT2D eigenvalue weighted by molar-refractivity contribution is 6.31. The van der Waals surface area contributed by atoms with Gasteiger partial charge in [0.2, 0.25) is 0 Å². The van der Waals surface area contributed by atoms with Gasteiger partial charge in [-0.1, -0.05) is 25.4 Å². The summed E-state index contributed by atoms with van der Waals surface area (Å²) in [5, 5.41) is 8.54.